The number of hydrogen-bond donors (Lipinski definition) is 8. The Balaban J connectivity index is 2.59. The Hall–Kier alpha value is -3.31. The largest absolute Gasteiger partial charge is 0.472 e. The van der Waals surface area contributed by atoms with Gasteiger partial charge in [-0.05, 0) is 83.5 Å². The van der Waals surface area contributed by atoms with Crippen molar-refractivity contribution < 1.29 is 73.3 Å². The van der Waals surface area contributed by atoms with Gasteiger partial charge in [-0.3, -0.25) is 18.6 Å². The van der Waals surface area contributed by atoms with Crippen LogP contribution in [0.2, 0.25) is 0 Å². The molecule has 0 amide bonds. The highest BCUT2D eigenvalue weighted by Crippen LogP contribution is 2.47. The summed E-state index contributed by atoms with van der Waals surface area (Å²) in [5, 5.41) is 70.6. The van der Waals surface area contributed by atoms with Gasteiger partial charge in [0.2, 0.25) is 0 Å². The third-order valence-electron chi connectivity index (χ3n) is 10.6. The number of carbonyl (C=O) groups excluding carboxylic acids is 2. The summed E-state index contributed by atoms with van der Waals surface area (Å²) in [6, 6.07) is 0. The quantitative estimate of drug-likeness (QED) is 0.00968. The predicted octanol–water partition coefficient (Wildman–Crippen LogP) is 7.77. The summed E-state index contributed by atoms with van der Waals surface area (Å²) in [4.78, 5) is 35.8. The number of allylic oxidation sites excluding steroid dienone is 13. The average molecular weight is 967 g/mol. The molecule has 382 valence electrons. The van der Waals surface area contributed by atoms with E-state index in [9.17, 15) is 54.8 Å². The molecule has 1 aliphatic rings. The lowest BCUT2D eigenvalue weighted by molar-refractivity contribution is -0.220. The molecule has 0 aromatic carbocycles. The smallest absolute Gasteiger partial charge is 0.462 e. The van der Waals surface area contributed by atoms with Crippen molar-refractivity contribution >= 4 is 19.8 Å². The van der Waals surface area contributed by atoms with Crippen molar-refractivity contribution in [3.8, 4) is 0 Å². The van der Waals surface area contributed by atoms with Crippen LogP contribution in [0.25, 0.3) is 0 Å². The van der Waals surface area contributed by atoms with Crippen molar-refractivity contribution in [1.82, 2.24) is 0 Å². The minimum Gasteiger partial charge on any atom is -0.462 e. The first kappa shape index (κ1) is 61.7. The summed E-state index contributed by atoms with van der Waals surface area (Å²) in [6.07, 6.45) is 32.0. The maximum absolute atomic E-state index is 12.8. The molecule has 67 heavy (non-hydrogen) atoms. The molecule has 1 fully saturated rings. The fourth-order valence-electron chi connectivity index (χ4n) is 6.58. The molecule has 0 heterocycles. The molecule has 0 aromatic rings. The summed E-state index contributed by atoms with van der Waals surface area (Å²) >= 11 is 0. The number of carbonyl (C=O) groups is 2. The fraction of sp³-hybridized carbons (Fsp3) is 0.647. The van der Waals surface area contributed by atoms with Gasteiger partial charge in [-0.1, -0.05) is 143 Å². The van der Waals surface area contributed by atoms with Crippen LogP contribution < -0.4 is 0 Å². The van der Waals surface area contributed by atoms with Gasteiger partial charge in [0.15, 0.2) is 6.10 Å². The monoisotopic (exact) mass is 967 g/mol. The number of aliphatic hydroxyl groups excluding tert-OH is 7. The number of unbranched alkanes of at least 4 members (excludes halogenated alkanes) is 9. The molecule has 1 saturated carbocycles. The highest BCUT2D eigenvalue weighted by atomic mass is 31.2. The lowest BCUT2D eigenvalue weighted by Crippen LogP contribution is -2.64. The molecule has 8 N–H and O–H groups in total. The van der Waals surface area contributed by atoms with Gasteiger partial charge in [-0.15, -0.1) is 0 Å². The molecule has 1 aliphatic carbocycles. The van der Waals surface area contributed by atoms with Crippen LogP contribution in [0.3, 0.4) is 0 Å². The van der Waals surface area contributed by atoms with Crippen LogP contribution in [0.4, 0.5) is 0 Å². The van der Waals surface area contributed by atoms with Crippen LogP contribution in [0.15, 0.2) is 97.2 Å². The molecule has 0 aromatic heterocycles. The van der Waals surface area contributed by atoms with E-state index in [1.807, 2.05) is 6.08 Å². The third kappa shape index (κ3) is 32.2. The van der Waals surface area contributed by atoms with Gasteiger partial charge in [0.05, 0.1) is 18.8 Å². The van der Waals surface area contributed by atoms with Crippen LogP contribution >= 0.6 is 7.82 Å². The zero-order chi connectivity index (χ0) is 49.5. The first-order valence-corrected chi connectivity index (χ1v) is 25.8. The summed E-state index contributed by atoms with van der Waals surface area (Å²) < 4.78 is 33.3. The first-order chi connectivity index (χ1) is 32.2. The van der Waals surface area contributed by atoms with E-state index in [1.54, 1.807) is 30.4 Å². The number of esters is 2. The highest BCUT2D eigenvalue weighted by molar-refractivity contribution is 7.47. The van der Waals surface area contributed by atoms with Crippen LogP contribution in [0, 0.1) is 0 Å². The van der Waals surface area contributed by atoms with Crippen LogP contribution in [-0.4, -0.2) is 121 Å². The van der Waals surface area contributed by atoms with Crippen molar-refractivity contribution in [2.45, 2.75) is 197 Å². The minimum absolute atomic E-state index is 0.0708. The molecule has 0 spiro atoms. The second kappa shape index (κ2) is 39.5. The molecule has 16 heteroatoms. The lowest BCUT2D eigenvalue weighted by Gasteiger charge is -2.41. The van der Waals surface area contributed by atoms with E-state index in [-0.39, 0.29) is 25.7 Å². The number of phosphoric acid groups is 1. The Morgan fingerprint density at radius 1 is 0.552 bits per heavy atom. The van der Waals surface area contributed by atoms with E-state index in [0.717, 1.165) is 64.2 Å². The number of phosphoric ester groups is 1. The van der Waals surface area contributed by atoms with Crippen LogP contribution in [0.5, 0.6) is 0 Å². The van der Waals surface area contributed by atoms with Crippen molar-refractivity contribution in [3.63, 3.8) is 0 Å². The van der Waals surface area contributed by atoms with Crippen molar-refractivity contribution in [3.05, 3.63) is 97.2 Å². The molecule has 0 radical (unpaired) electrons. The second-order valence-corrected chi connectivity index (χ2v) is 18.1. The van der Waals surface area contributed by atoms with Crippen molar-refractivity contribution in [2.24, 2.45) is 0 Å². The lowest BCUT2D eigenvalue weighted by atomic mass is 9.85. The standard InChI is InChI=1S/C51H83O15P/c1-3-5-7-9-11-12-13-14-15-16-17-18-19-20-21-22-23-25-31-37-44(54)63-39-43(40-64-67(61,62)66-51-49(59)47(57)46(56)48(58)50(51)60)65-45(55)38-32-36-42(53)35-30-27-26-29-34-41(52)33-28-24-10-8-6-4-2/h11-12,14-15,17-18,20-21,24,26-30,34-35,41-43,46-53,56-60H,3-10,13,16,19,22-23,25,31-33,36-40H2,1-2H3,(H,61,62)/b12-11-,15-14-,18-17-,21-20-,27-26+,28-24-,34-29+,35-30-/t41-,42-,43+,46?,47-,48+,49+,50+,51?/m0/s1. The molecule has 3 unspecified atom stereocenters. The minimum atomic E-state index is -5.21. The summed E-state index contributed by atoms with van der Waals surface area (Å²) in [5.74, 6) is -1.39. The van der Waals surface area contributed by atoms with Gasteiger partial charge < -0.3 is 50.1 Å². The molecule has 0 aliphatic heterocycles. The molecule has 0 saturated heterocycles. The van der Waals surface area contributed by atoms with Gasteiger partial charge in [-0.25, -0.2) is 4.57 Å². The third-order valence-corrected chi connectivity index (χ3v) is 11.6. The number of hydrogen-bond acceptors (Lipinski definition) is 14. The number of ether oxygens (including phenoxy) is 2. The van der Waals surface area contributed by atoms with E-state index in [0.29, 0.717) is 12.8 Å². The van der Waals surface area contributed by atoms with E-state index in [4.69, 9.17) is 18.5 Å². The summed E-state index contributed by atoms with van der Waals surface area (Å²) in [5.41, 5.74) is 0. The predicted molar refractivity (Wildman–Crippen MR) is 260 cm³/mol. The topological polar surface area (TPSA) is 250 Å². The average Bonchev–Trinajstić information content (AvgIpc) is 3.30. The SMILES string of the molecule is CCCCC/C=C\C/C=C\C/C=C\C/C=C\CCCCCC(=O)OC[C@H](COP(=O)(O)OC1[C@H](O)[C@H](O)C(O)[C@H](O)[C@H]1O)OC(=O)CCC[C@@H](O)\C=C/C=C/C=C/[C@@H](O)C/C=C\CCCCC. The molecule has 10 atom stereocenters. The maximum atomic E-state index is 12.8. The Morgan fingerprint density at radius 3 is 1.58 bits per heavy atom. The maximum Gasteiger partial charge on any atom is 0.472 e. The van der Waals surface area contributed by atoms with Gasteiger partial charge >= 0.3 is 19.8 Å². The summed E-state index contributed by atoms with van der Waals surface area (Å²) in [7, 11) is -5.21. The van der Waals surface area contributed by atoms with Crippen molar-refractivity contribution in [2.75, 3.05) is 13.2 Å². The number of aliphatic hydroxyl groups is 7. The Bertz CT molecular complexity index is 1570. The van der Waals surface area contributed by atoms with E-state index < -0.39 is 87.9 Å². The molecular formula is C51H83O15P. The zero-order valence-electron chi connectivity index (χ0n) is 39.9. The molecule has 1 rings (SSSR count). The highest BCUT2D eigenvalue weighted by Gasteiger charge is 2.51. The van der Waals surface area contributed by atoms with Gasteiger partial charge in [0.25, 0.3) is 0 Å². The number of rotatable bonds is 38. The van der Waals surface area contributed by atoms with Gasteiger partial charge in [0, 0.05) is 12.8 Å². The summed E-state index contributed by atoms with van der Waals surface area (Å²) in [6.45, 7) is 2.97. The van der Waals surface area contributed by atoms with Gasteiger partial charge in [-0.2, -0.15) is 0 Å². The fourth-order valence-corrected chi connectivity index (χ4v) is 7.55. The Labute approximate surface area is 399 Å². The second-order valence-electron chi connectivity index (χ2n) is 16.7. The Kier molecular flexibility index (Phi) is 36.4. The molecule has 0 bridgehead atoms. The van der Waals surface area contributed by atoms with Crippen LogP contribution in [0.1, 0.15) is 142 Å². The van der Waals surface area contributed by atoms with Gasteiger partial charge in [0.1, 0.15) is 43.2 Å². The normalized spacial score (nSPS) is 23.0. The Morgan fingerprint density at radius 2 is 1.03 bits per heavy atom. The zero-order valence-corrected chi connectivity index (χ0v) is 40.8. The molecular weight excluding hydrogens is 884 g/mol. The van der Waals surface area contributed by atoms with Crippen LogP contribution in [-0.2, 0) is 32.7 Å². The van der Waals surface area contributed by atoms with E-state index in [2.05, 4.69) is 68.5 Å². The van der Waals surface area contributed by atoms with Crippen molar-refractivity contribution in [1.29, 1.82) is 0 Å². The molecule has 15 nitrogen and oxygen atoms in total. The first-order valence-electron chi connectivity index (χ1n) is 24.3. The van der Waals surface area contributed by atoms with E-state index >= 15 is 0 Å². The van der Waals surface area contributed by atoms with E-state index in [1.165, 1.54) is 31.8 Å².